The average Bonchev–Trinajstić information content (AvgIpc) is 2.86. The van der Waals surface area contributed by atoms with Crippen LogP contribution in [0.25, 0.3) is 0 Å². The van der Waals surface area contributed by atoms with Gasteiger partial charge in [-0.05, 0) is 51.8 Å². The van der Waals surface area contributed by atoms with E-state index >= 15 is 0 Å². The Kier molecular flexibility index (Phi) is 3.99. The SMILES string of the molecule is CC(C)(C)OC(=O)[C@@H]1CCCN1c1cccc(C#N)c1. The molecule has 1 atom stereocenters. The van der Waals surface area contributed by atoms with Gasteiger partial charge in [0.1, 0.15) is 11.6 Å². The summed E-state index contributed by atoms with van der Waals surface area (Å²) in [6, 6.07) is 9.25. The maximum Gasteiger partial charge on any atom is 0.329 e. The lowest BCUT2D eigenvalue weighted by atomic mass is 10.1. The van der Waals surface area contributed by atoms with Crippen LogP contribution >= 0.6 is 0 Å². The molecule has 1 fully saturated rings. The second-order valence-corrected chi connectivity index (χ2v) is 6.05. The van der Waals surface area contributed by atoms with Crippen LogP contribution in [0, 0.1) is 11.3 Å². The molecule has 1 heterocycles. The first kappa shape index (κ1) is 14.4. The molecule has 1 aromatic carbocycles. The number of anilines is 1. The van der Waals surface area contributed by atoms with Crippen LogP contribution in [-0.2, 0) is 9.53 Å². The minimum absolute atomic E-state index is 0.183. The van der Waals surface area contributed by atoms with E-state index in [4.69, 9.17) is 10.00 Å². The van der Waals surface area contributed by atoms with Gasteiger partial charge in [0.05, 0.1) is 11.6 Å². The Hall–Kier alpha value is -2.02. The van der Waals surface area contributed by atoms with Crippen LogP contribution in [0.2, 0.25) is 0 Å². The molecule has 106 valence electrons. The summed E-state index contributed by atoms with van der Waals surface area (Å²) in [4.78, 5) is 14.3. The second kappa shape index (κ2) is 5.54. The lowest BCUT2D eigenvalue weighted by molar-refractivity contribution is -0.156. The van der Waals surface area contributed by atoms with Gasteiger partial charge in [-0.3, -0.25) is 0 Å². The number of nitrogens with zero attached hydrogens (tertiary/aromatic N) is 2. The maximum absolute atomic E-state index is 12.3. The molecule has 4 nitrogen and oxygen atoms in total. The molecule has 0 bridgehead atoms. The van der Waals surface area contributed by atoms with E-state index in [1.54, 1.807) is 6.07 Å². The molecule has 0 aromatic heterocycles. The van der Waals surface area contributed by atoms with Gasteiger partial charge in [-0.1, -0.05) is 6.07 Å². The van der Waals surface area contributed by atoms with Gasteiger partial charge < -0.3 is 9.64 Å². The zero-order valence-electron chi connectivity index (χ0n) is 12.2. The molecule has 0 spiro atoms. The molecule has 2 rings (SSSR count). The number of esters is 1. The van der Waals surface area contributed by atoms with Gasteiger partial charge in [-0.2, -0.15) is 5.26 Å². The molecular weight excluding hydrogens is 252 g/mol. The van der Waals surface area contributed by atoms with E-state index in [-0.39, 0.29) is 12.0 Å². The Labute approximate surface area is 120 Å². The Morgan fingerprint density at radius 2 is 2.20 bits per heavy atom. The van der Waals surface area contributed by atoms with Crippen molar-refractivity contribution < 1.29 is 9.53 Å². The first-order chi connectivity index (χ1) is 9.40. The van der Waals surface area contributed by atoms with Gasteiger partial charge in [0, 0.05) is 12.2 Å². The van der Waals surface area contributed by atoms with E-state index in [1.165, 1.54) is 0 Å². The number of benzene rings is 1. The predicted molar refractivity (Wildman–Crippen MR) is 77.4 cm³/mol. The minimum Gasteiger partial charge on any atom is -0.458 e. The summed E-state index contributed by atoms with van der Waals surface area (Å²) in [6.45, 7) is 6.44. The van der Waals surface area contributed by atoms with Gasteiger partial charge in [-0.15, -0.1) is 0 Å². The zero-order valence-corrected chi connectivity index (χ0v) is 12.2. The van der Waals surface area contributed by atoms with Crippen LogP contribution in [-0.4, -0.2) is 24.2 Å². The summed E-state index contributed by atoms with van der Waals surface area (Å²) in [6.07, 6.45) is 1.76. The average molecular weight is 272 g/mol. The third kappa shape index (κ3) is 3.30. The number of hydrogen-bond donors (Lipinski definition) is 0. The van der Waals surface area contributed by atoms with Crippen molar-refractivity contribution >= 4 is 11.7 Å². The lowest BCUT2D eigenvalue weighted by Crippen LogP contribution is -2.40. The normalized spacial score (nSPS) is 18.7. The van der Waals surface area contributed by atoms with Crippen molar-refractivity contribution in [3.05, 3.63) is 29.8 Å². The van der Waals surface area contributed by atoms with E-state index in [1.807, 2.05) is 43.9 Å². The fraction of sp³-hybridized carbons (Fsp3) is 0.500. The molecule has 1 saturated heterocycles. The predicted octanol–water partition coefficient (Wildman–Crippen LogP) is 2.87. The number of rotatable bonds is 2. The van der Waals surface area contributed by atoms with Crippen molar-refractivity contribution in [2.75, 3.05) is 11.4 Å². The summed E-state index contributed by atoms with van der Waals surface area (Å²) >= 11 is 0. The molecule has 0 unspecified atom stereocenters. The quantitative estimate of drug-likeness (QED) is 0.777. The Morgan fingerprint density at radius 3 is 2.85 bits per heavy atom. The number of nitriles is 1. The van der Waals surface area contributed by atoms with Crippen LogP contribution in [0.15, 0.2) is 24.3 Å². The van der Waals surface area contributed by atoms with Crippen LogP contribution < -0.4 is 4.90 Å². The van der Waals surface area contributed by atoms with E-state index in [0.29, 0.717) is 5.56 Å². The van der Waals surface area contributed by atoms with E-state index in [2.05, 4.69) is 6.07 Å². The molecule has 0 N–H and O–H groups in total. The first-order valence-electron chi connectivity index (χ1n) is 6.90. The van der Waals surface area contributed by atoms with Crippen LogP contribution in [0.1, 0.15) is 39.2 Å². The number of hydrogen-bond acceptors (Lipinski definition) is 4. The summed E-state index contributed by atoms with van der Waals surface area (Å²) in [5, 5.41) is 8.97. The highest BCUT2D eigenvalue weighted by molar-refractivity contribution is 5.81. The first-order valence-corrected chi connectivity index (χ1v) is 6.90. The molecule has 20 heavy (non-hydrogen) atoms. The highest BCUT2D eigenvalue weighted by Crippen LogP contribution is 2.27. The molecule has 4 heteroatoms. The van der Waals surface area contributed by atoms with Crippen molar-refractivity contribution in [3.8, 4) is 6.07 Å². The van der Waals surface area contributed by atoms with E-state index in [9.17, 15) is 4.79 Å². The van der Waals surface area contributed by atoms with Gasteiger partial charge in [0.2, 0.25) is 0 Å². The van der Waals surface area contributed by atoms with Crippen LogP contribution in [0.3, 0.4) is 0 Å². The molecule has 0 aliphatic carbocycles. The molecule has 0 amide bonds. The van der Waals surface area contributed by atoms with Crippen molar-refractivity contribution in [3.63, 3.8) is 0 Å². The standard InChI is InChI=1S/C16H20N2O2/c1-16(2,3)20-15(19)14-8-5-9-18(14)13-7-4-6-12(10-13)11-17/h4,6-7,10,14H,5,8-9H2,1-3H3/t14-/m0/s1. The van der Waals surface area contributed by atoms with E-state index < -0.39 is 5.60 Å². The molecule has 1 aliphatic rings. The third-order valence-corrected chi connectivity index (χ3v) is 3.24. The second-order valence-electron chi connectivity index (χ2n) is 6.05. The van der Waals surface area contributed by atoms with Gasteiger partial charge in [-0.25, -0.2) is 4.79 Å². The largest absolute Gasteiger partial charge is 0.458 e. The fourth-order valence-corrected chi connectivity index (χ4v) is 2.44. The van der Waals surface area contributed by atoms with Crippen molar-refractivity contribution in [2.24, 2.45) is 0 Å². The zero-order chi connectivity index (χ0) is 14.8. The van der Waals surface area contributed by atoms with Crippen molar-refractivity contribution in [1.29, 1.82) is 5.26 Å². The van der Waals surface area contributed by atoms with Crippen LogP contribution in [0.5, 0.6) is 0 Å². The summed E-state index contributed by atoms with van der Waals surface area (Å²) in [7, 11) is 0. The Morgan fingerprint density at radius 1 is 1.45 bits per heavy atom. The summed E-state index contributed by atoms with van der Waals surface area (Å²) < 4.78 is 5.48. The highest BCUT2D eigenvalue weighted by Gasteiger charge is 2.34. The Balaban J connectivity index is 2.19. The van der Waals surface area contributed by atoms with Gasteiger partial charge in [0.25, 0.3) is 0 Å². The molecule has 0 radical (unpaired) electrons. The number of carbonyl (C=O) groups excluding carboxylic acids is 1. The van der Waals surface area contributed by atoms with Crippen molar-refractivity contribution in [2.45, 2.75) is 45.3 Å². The smallest absolute Gasteiger partial charge is 0.329 e. The van der Waals surface area contributed by atoms with Crippen molar-refractivity contribution in [1.82, 2.24) is 0 Å². The number of carbonyl (C=O) groups is 1. The summed E-state index contributed by atoms with van der Waals surface area (Å²) in [5.74, 6) is -0.183. The van der Waals surface area contributed by atoms with Gasteiger partial charge in [0.15, 0.2) is 0 Å². The highest BCUT2D eigenvalue weighted by atomic mass is 16.6. The molecular formula is C16H20N2O2. The van der Waals surface area contributed by atoms with Gasteiger partial charge >= 0.3 is 5.97 Å². The maximum atomic E-state index is 12.3. The monoisotopic (exact) mass is 272 g/mol. The van der Waals surface area contributed by atoms with Crippen LogP contribution in [0.4, 0.5) is 5.69 Å². The number of ether oxygens (including phenoxy) is 1. The minimum atomic E-state index is -0.472. The topological polar surface area (TPSA) is 53.3 Å². The fourth-order valence-electron chi connectivity index (χ4n) is 2.44. The molecule has 0 saturated carbocycles. The molecule has 1 aromatic rings. The van der Waals surface area contributed by atoms with E-state index in [0.717, 1.165) is 25.1 Å². The third-order valence-electron chi connectivity index (χ3n) is 3.24. The summed E-state index contributed by atoms with van der Waals surface area (Å²) in [5.41, 5.74) is 1.05. The Bertz CT molecular complexity index is 540. The lowest BCUT2D eigenvalue weighted by Gasteiger charge is -2.28. The molecule has 1 aliphatic heterocycles.